The number of fused-ring (bicyclic) bond motifs is 1. The van der Waals surface area contributed by atoms with E-state index in [2.05, 4.69) is 42.2 Å². The van der Waals surface area contributed by atoms with Gasteiger partial charge in [0.2, 0.25) is 0 Å². The number of allylic oxidation sites excluding steroid dienone is 4. The van der Waals surface area contributed by atoms with Crippen LogP contribution in [0.25, 0.3) is 0 Å². The van der Waals surface area contributed by atoms with Gasteiger partial charge in [-0.1, -0.05) is 36.4 Å². The molecule has 1 aromatic carbocycles. The van der Waals surface area contributed by atoms with Crippen molar-refractivity contribution in [1.82, 2.24) is 0 Å². The molecule has 3 rings (SSSR count). The molecule has 0 bridgehead atoms. The Bertz CT molecular complexity index is 525. The maximum atomic E-state index is 7.67. The smallest absolute Gasteiger partial charge is 0.0623 e. The molecule has 1 aliphatic carbocycles. The summed E-state index contributed by atoms with van der Waals surface area (Å²) in [6.45, 7) is 2.11. The molecular formula is C14H13N. The third kappa shape index (κ3) is 1.23. The molecule has 0 radical (unpaired) electrons. The maximum Gasteiger partial charge on any atom is 0.0623 e. The molecule has 0 saturated carbocycles. The molecule has 1 atom stereocenters. The molecule has 0 fully saturated rings. The van der Waals surface area contributed by atoms with E-state index in [1.54, 1.807) is 6.07 Å². The van der Waals surface area contributed by atoms with Crippen LogP contribution in [0.4, 0.5) is 5.69 Å². The van der Waals surface area contributed by atoms with E-state index >= 15 is 0 Å². The lowest BCUT2D eigenvalue weighted by Gasteiger charge is -2.22. The normalized spacial score (nSPS) is 23.7. The fourth-order valence-electron chi connectivity index (χ4n) is 2.26. The number of hydrogen-bond donors (Lipinski definition) is 0. The van der Waals surface area contributed by atoms with E-state index < -0.39 is 0 Å². The average Bonchev–Trinajstić information content (AvgIpc) is 2.76. The molecule has 1 nitrogen and oxygen atoms in total. The second kappa shape index (κ2) is 3.13. The van der Waals surface area contributed by atoms with Crippen LogP contribution in [0.3, 0.4) is 0 Å². The zero-order chi connectivity index (χ0) is 11.1. The second-order valence-corrected chi connectivity index (χ2v) is 3.91. The molecule has 0 amide bonds. The van der Waals surface area contributed by atoms with Crippen LogP contribution in [-0.4, -0.2) is 0 Å². The van der Waals surface area contributed by atoms with Crippen molar-refractivity contribution in [2.24, 2.45) is 5.92 Å². The Morgan fingerprint density at radius 2 is 2.27 bits per heavy atom. The summed E-state index contributed by atoms with van der Waals surface area (Å²) in [6, 6.07) is 8.24. The predicted octanol–water partition coefficient (Wildman–Crippen LogP) is 3.48. The summed E-state index contributed by atoms with van der Waals surface area (Å²) in [5.74, 6) is 0.425. The lowest BCUT2D eigenvalue weighted by Crippen LogP contribution is -2.16. The quantitative estimate of drug-likeness (QED) is 0.664. The summed E-state index contributed by atoms with van der Waals surface area (Å²) in [5.41, 5.74) is 3.62. The van der Waals surface area contributed by atoms with E-state index in [4.69, 9.17) is 1.37 Å². The number of para-hydroxylation sites is 1. The molecule has 0 aromatic heterocycles. The Morgan fingerprint density at radius 3 is 3.13 bits per heavy atom. The van der Waals surface area contributed by atoms with Crippen molar-refractivity contribution in [1.29, 1.82) is 0 Å². The van der Waals surface area contributed by atoms with E-state index in [1.165, 1.54) is 11.4 Å². The van der Waals surface area contributed by atoms with Crippen molar-refractivity contribution in [2.45, 2.75) is 6.92 Å². The number of hydrogen-bond acceptors (Lipinski definition) is 1. The monoisotopic (exact) mass is 196 g/mol. The van der Waals surface area contributed by atoms with Crippen molar-refractivity contribution < 1.29 is 1.37 Å². The van der Waals surface area contributed by atoms with Crippen LogP contribution >= 0.6 is 0 Å². The molecule has 1 unspecified atom stereocenters. The van der Waals surface area contributed by atoms with Gasteiger partial charge in [-0.3, -0.25) is 0 Å². The van der Waals surface area contributed by atoms with Crippen LogP contribution in [0.15, 0.2) is 66.0 Å². The highest BCUT2D eigenvalue weighted by molar-refractivity contribution is 5.64. The van der Waals surface area contributed by atoms with Crippen LogP contribution in [0, 0.1) is 5.92 Å². The predicted molar refractivity (Wildman–Crippen MR) is 63.4 cm³/mol. The Morgan fingerprint density at radius 1 is 1.33 bits per heavy atom. The molecule has 0 saturated heterocycles. The van der Waals surface area contributed by atoms with Gasteiger partial charge in [-0.05, 0) is 25.1 Å². The molecule has 1 heteroatoms. The molecule has 1 aromatic rings. The summed E-state index contributed by atoms with van der Waals surface area (Å²) in [5, 5.41) is 0. The largest absolute Gasteiger partial charge is 0.318 e. The molecule has 2 aliphatic rings. The van der Waals surface area contributed by atoms with Crippen LogP contribution in [-0.2, 0) is 0 Å². The van der Waals surface area contributed by atoms with E-state index in [0.29, 0.717) is 12.0 Å². The second-order valence-electron chi connectivity index (χ2n) is 3.91. The van der Waals surface area contributed by atoms with Crippen molar-refractivity contribution in [3.05, 3.63) is 66.0 Å². The average molecular weight is 196 g/mol. The van der Waals surface area contributed by atoms with Gasteiger partial charge in [-0.25, -0.2) is 0 Å². The number of nitrogens with zero attached hydrogens (tertiary/aromatic N) is 1. The van der Waals surface area contributed by atoms with Crippen LogP contribution in [0.2, 0.25) is 0 Å². The fourth-order valence-corrected chi connectivity index (χ4v) is 2.26. The zero-order valence-corrected chi connectivity index (χ0v) is 8.64. The standard InChI is InChI=1S/C14H13N/c1-11-10-12-6-5-9-14(12)15(11)13-7-3-2-4-8-13/h2-10,12H,1H3/i3D. The molecule has 1 heterocycles. The van der Waals surface area contributed by atoms with Crippen LogP contribution in [0.5, 0.6) is 0 Å². The highest BCUT2D eigenvalue weighted by Gasteiger charge is 2.27. The first-order valence-electron chi connectivity index (χ1n) is 5.69. The van der Waals surface area contributed by atoms with Gasteiger partial charge in [-0.2, -0.15) is 0 Å². The first-order chi connectivity index (χ1) is 7.75. The topological polar surface area (TPSA) is 3.24 Å². The van der Waals surface area contributed by atoms with E-state index in [0.717, 1.165) is 5.69 Å². The van der Waals surface area contributed by atoms with Gasteiger partial charge < -0.3 is 4.90 Å². The van der Waals surface area contributed by atoms with Gasteiger partial charge in [0.25, 0.3) is 0 Å². The molecule has 0 N–H and O–H groups in total. The molecule has 0 spiro atoms. The minimum Gasteiger partial charge on any atom is -0.318 e. The first kappa shape index (κ1) is 7.52. The van der Waals surface area contributed by atoms with Gasteiger partial charge in [0, 0.05) is 23.0 Å². The number of anilines is 1. The first-order valence-corrected chi connectivity index (χ1v) is 5.19. The van der Waals surface area contributed by atoms with E-state index in [9.17, 15) is 0 Å². The van der Waals surface area contributed by atoms with Gasteiger partial charge >= 0.3 is 0 Å². The van der Waals surface area contributed by atoms with Crippen molar-refractivity contribution in [3.8, 4) is 0 Å². The molecule has 15 heavy (non-hydrogen) atoms. The summed E-state index contributed by atoms with van der Waals surface area (Å²) in [7, 11) is 0. The lowest BCUT2D eigenvalue weighted by atomic mass is 10.1. The third-order valence-corrected chi connectivity index (χ3v) is 2.91. The summed E-state index contributed by atoms with van der Waals surface area (Å²) in [4.78, 5) is 2.22. The van der Waals surface area contributed by atoms with Gasteiger partial charge in [-0.15, -0.1) is 0 Å². The maximum absolute atomic E-state index is 7.67. The van der Waals surface area contributed by atoms with E-state index in [-0.39, 0.29) is 0 Å². The van der Waals surface area contributed by atoms with Gasteiger partial charge in [0.15, 0.2) is 0 Å². The Balaban J connectivity index is 2.05. The Labute approximate surface area is 91.4 Å². The zero-order valence-electron chi connectivity index (χ0n) is 9.64. The van der Waals surface area contributed by atoms with Crippen LogP contribution in [0.1, 0.15) is 8.29 Å². The van der Waals surface area contributed by atoms with Crippen molar-refractivity contribution >= 4 is 5.69 Å². The minimum atomic E-state index is 0.425. The highest BCUT2D eigenvalue weighted by atomic mass is 15.2. The summed E-state index contributed by atoms with van der Waals surface area (Å²) >= 11 is 0. The van der Waals surface area contributed by atoms with Gasteiger partial charge in [0.05, 0.1) is 1.37 Å². The van der Waals surface area contributed by atoms with E-state index in [1.807, 2.05) is 12.1 Å². The molecule has 74 valence electrons. The van der Waals surface area contributed by atoms with Crippen molar-refractivity contribution in [3.63, 3.8) is 0 Å². The van der Waals surface area contributed by atoms with Crippen LogP contribution < -0.4 is 4.90 Å². The Hall–Kier alpha value is -1.76. The Kier molecular flexibility index (Phi) is 1.57. The molecule has 1 aliphatic heterocycles. The minimum absolute atomic E-state index is 0.425. The third-order valence-electron chi connectivity index (χ3n) is 2.91. The summed E-state index contributed by atoms with van der Waals surface area (Å²) < 4.78 is 7.67. The number of benzene rings is 1. The van der Waals surface area contributed by atoms with Gasteiger partial charge in [0.1, 0.15) is 0 Å². The summed E-state index contributed by atoms with van der Waals surface area (Å²) in [6.07, 6.45) is 8.70. The molecular weight excluding hydrogens is 182 g/mol. The fraction of sp³-hybridized carbons (Fsp3) is 0.143. The van der Waals surface area contributed by atoms with Crippen molar-refractivity contribution in [2.75, 3.05) is 4.90 Å². The highest BCUT2D eigenvalue weighted by Crippen LogP contribution is 2.38. The SMILES string of the molecule is [2H]c1cccc(N2C(C)=CC3C=CC=C32)c1. The number of rotatable bonds is 1. The lowest BCUT2D eigenvalue weighted by molar-refractivity contribution is 0.987.